The first-order chi connectivity index (χ1) is 16.0. The fourth-order valence-corrected chi connectivity index (χ4v) is 5.23. The van der Waals surface area contributed by atoms with Crippen LogP contribution in [-0.4, -0.2) is 18.0 Å². The summed E-state index contributed by atoms with van der Waals surface area (Å²) < 4.78 is 25.6. The van der Waals surface area contributed by atoms with Crippen LogP contribution in [-0.2, 0) is 0 Å². The number of fused-ring (bicyclic) bond motifs is 3. The van der Waals surface area contributed by atoms with Crippen LogP contribution in [0.25, 0.3) is 21.2 Å². The number of thiazole rings is 1. The highest BCUT2D eigenvalue weighted by Gasteiger charge is 2.45. The summed E-state index contributed by atoms with van der Waals surface area (Å²) in [5.41, 5.74) is 1.61. The highest BCUT2D eigenvalue weighted by atomic mass is 32.1. The van der Waals surface area contributed by atoms with Crippen LogP contribution >= 0.6 is 11.3 Å². The number of amides is 1. The molecule has 0 saturated heterocycles. The summed E-state index contributed by atoms with van der Waals surface area (Å²) in [5, 5.41) is 0.757. The Kier molecular flexibility index (Phi) is 4.31. The lowest BCUT2D eigenvalue weighted by Crippen LogP contribution is -2.29. The highest BCUT2D eigenvalue weighted by molar-refractivity contribution is 7.22. The van der Waals surface area contributed by atoms with Gasteiger partial charge in [-0.2, -0.15) is 0 Å². The van der Waals surface area contributed by atoms with E-state index in [9.17, 15) is 14.0 Å². The third-order valence-corrected chi connectivity index (χ3v) is 6.77. The average Bonchev–Trinajstić information content (AvgIpc) is 3.37. The lowest BCUT2D eigenvalue weighted by molar-refractivity contribution is 0.0971. The zero-order chi connectivity index (χ0) is 22.7. The predicted octanol–water partition coefficient (Wildman–Crippen LogP) is 5.30. The van der Waals surface area contributed by atoms with Gasteiger partial charge < -0.3 is 9.15 Å². The number of nitrogens with zero attached hydrogens (tertiary/aromatic N) is 2. The fraction of sp³-hybridized carbons (Fsp3) is 0.0800. The van der Waals surface area contributed by atoms with Crippen molar-refractivity contribution < 1.29 is 18.3 Å². The van der Waals surface area contributed by atoms with Crippen LogP contribution in [0.4, 0.5) is 9.52 Å². The van der Waals surface area contributed by atoms with Gasteiger partial charge in [-0.05, 0) is 48.0 Å². The number of carbonyl (C=O) groups excluding carboxylic acids is 1. The van der Waals surface area contributed by atoms with Gasteiger partial charge in [-0.3, -0.25) is 14.5 Å². The van der Waals surface area contributed by atoms with Crippen molar-refractivity contribution in [3.63, 3.8) is 0 Å². The summed E-state index contributed by atoms with van der Waals surface area (Å²) in [4.78, 5) is 33.2. The second-order valence-corrected chi connectivity index (χ2v) is 8.64. The molecule has 1 amide bonds. The molecule has 162 valence electrons. The van der Waals surface area contributed by atoms with E-state index in [1.807, 2.05) is 0 Å². The number of halogens is 1. The number of aromatic nitrogens is 1. The van der Waals surface area contributed by atoms with Gasteiger partial charge in [0, 0.05) is 0 Å². The Morgan fingerprint density at radius 2 is 1.85 bits per heavy atom. The SMILES string of the molecule is COc1ccc([C@H]2c3c(oc4ccccc4c3=O)C(=O)N2c2nc3ccc(F)cc3s2)cc1. The molecule has 8 heteroatoms. The van der Waals surface area contributed by atoms with Crippen molar-refractivity contribution in [2.75, 3.05) is 12.0 Å². The Morgan fingerprint density at radius 3 is 2.64 bits per heavy atom. The van der Waals surface area contributed by atoms with Gasteiger partial charge in [0.1, 0.15) is 17.1 Å². The summed E-state index contributed by atoms with van der Waals surface area (Å²) in [6, 6.07) is 17.5. The van der Waals surface area contributed by atoms with Crippen LogP contribution in [0, 0.1) is 5.82 Å². The number of benzene rings is 3. The van der Waals surface area contributed by atoms with Gasteiger partial charge in [-0.15, -0.1) is 0 Å². The first-order valence-electron chi connectivity index (χ1n) is 10.1. The van der Waals surface area contributed by atoms with Gasteiger partial charge in [-0.25, -0.2) is 9.37 Å². The Bertz CT molecular complexity index is 1620. The fourth-order valence-electron chi connectivity index (χ4n) is 4.21. The van der Waals surface area contributed by atoms with Gasteiger partial charge in [0.05, 0.1) is 34.3 Å². The van der Waals surface area contributed by atoms with Crippen molar-refractivity contribution in [1.29, 1.82) is 0 Å². The summed E-state index contributed by atoms with van der Waals surface area (Å²) in [5.74, 6) is -0.211. The van der Waals surface area contributed by atoms with E-state index in [1.54, 1.807) is 61.7 Å². The maximum absolute atomic E-state index is 13.8. The second-order valence-electron chi connectivity index (χ2n) is 7.63. The Labute approximate surface area is 190 Å². The molecule has 33 heavy (non-hydrogen) atoms. The van der Waals surface area contributed by atoms with Gasteiger partial charge in [0.15, 0.2) is 10.6 Å². The zero-order valence-electron chi connectivity index (χ0n) is 17.2. The minimum atomic E-state index is -0.746. The van der Waals surface area contributed by atoms with E-state index in [2.05, 4.69) is 4.98 Å². The lowest BCUT2D eigenvalue weighted by atomic mass is 9.98. The number of hydrogen-bond donors (Lipinski definition) is 0. The van der Waals surface area contributed by atoms with Crippen molar-refractivity contribution in [3.8, 4) is 5.75 Å². The van der Waals surface area contributed by atoms with E-state index in [1.165, 1.54) is 28.4 Å². The predicted molar refractivity (Wildman–Crippen MR) is 124 cm³/mol. The number of anilines is 1. The smallest absolute Gasteiger partial charge is 0.297 e. The van der Waals surface area contributed by atoms with Crippen LogP contribution in [0.3, 0.4) is 0 Å². The Morgan fingerprint density at radius 1 is 1.06 bits per heavy atom. The minimum Gasteiger partial charge on any atom is -0.497 e. The number of methoxy groups -OCH3 is 1. The number of ether oxygens (including phenoxy) is 1. The van der Waals surface area contributed by atoms with Crippen LogP contribution in [0.2, 0.25) is 0 Å². The first-order valence-corrected chi connectivity index (χ1v) is 11.0. The summed E-state index contributed by atoms with van der Waals surface area (Å²) in [7, 11) is 1.57. The molecule has 0 fully saturated rings. The molecule has 1 aliphatic heterocycles. The molecule has 0 N–H and O–H groups in total. The average molecular weight is 458 g/mol. The molecule has 0 unspecified atom stereocenters. The van der Waals surface area contributed by atoms with E-state index >= 15 is 0 Å². The van der Waals surface area contributed by atoms with Crippen LogP contribution in [0.15, 0.2) is 75.9 Å². The third kappa shape index (κ3) is 2.95. The first kappa shape index (κ1) is 19.6. The monoisotopic (exact) mass is 458 g/mol. The van der Waals surface area contributed by atoms with E-state index in [4.69, 9.17) is 9.15 Å². The molecular weight excluding hydrogens is 443 g/mol. The summed E-state index contributed by atoms with van der Waals surface area (Å²) in [6.45, 7) is 0. The lowest BCUT2D eigenvalue weighted by Gasteiger charge is -2.22. The normalized spacial score (nSPS) is 15.4. The number of para-hydroxylation sites is 1. The van der Waals surface area contributed by atoms with Crippen molar-refractivity contribution in [1.82, 2.24) is 4.98 Å². The molecular formula is C25H15FN2O4S. The molecule has 2 aromatic heterocycles. The van der Waals surface area contributed by atoms with Crippen molar-refractivity contribution >= 4 is 43.6 Å². The number of hydrogen-bond acceptors (Lipinski definition) is 6. The molecule has 6 rings (SSSR count). The van der Waals surface area contributed by atoms with Crippen LogP contribution < -0.4 is 15.1 Å². The molecule has 3 aromatic carbocycles. The van der Waals surface area contributed by atoms with Crippen LogP contribution in [0.5, 0.6) is 5.75 Å². The molecule has 6 nitrogen and oxygen atoms in total. The molecule has 1 aliphatic rings. The molecule has 5 aromatic rings. The standard InChI is InChI=1S/C25H15FN2O4S/c1-31-15-9-6-13(7-10-15)21-20-22(29)16-4-2-3-5-18(16)32-23(20)24(30)28(21)25-27-17-11-8-14(26)12-19(17)33-25/h2-12,21H,1H3/t21-/m0/s1. The molecule has 0 radical (unpaired) electrons. The van der Waals surface area contributed by atoms with E-state index < -0.39 is 11.9 Å². The molecule has 3 heterocycles. The van der Waals surface area contributed by atoms with Crippen molar-refractivity contribution in [3.05, 3.63) is 99.7 Å². The third-order valence-electron chi connectivity index (χ3n) is 5.75. The van der Waals surface area contributed by atoms with Gasteiger partial charge in [0.2, 0.25) is 5.76 Å². The largest absolute Gasteiger partial charge is 0.497 e. The minimum absolute atomic E-state index is 0.00930. The van der Waals surface area contributed by atoms with Gasteiger partial charge in [0.25, 0.3) is 5.91 Å². The zero-order valence-corrected chi connectivity index (χ0v) is 18.1. The van der Waals surface area contributed by atoms with E-state index in [-0.39, 0.29) is 22.6 Å². The summed E-state index contributed by atoms with van der Waals surface area (Å²) >= 11 is 1.18. The van der Waals surface area contributed by atoms with Crippen LogP contribution in [0.1, 0.15) is 27.7 Å². The topological polar surface area (TPSA) is 72.6 Å². The Balaban J connectivity index is 1.62. The number of rotatable bonds is 3. The molecule has 0 spiro atoms. The summed E-state index contributed by atoms with van der Waals surface area (Å²) in [6.07, 6.45) is 0. The molecule has 1 atom stereocenters. The second kappa shape index (κ2) is 7.25. The van der Waals surface area contributed by atoms with E-state index in [0.29, 0.717) is 37.6 Å². The van der Waals surface area contributed by atoms with Crippen molar-refractivity contribution in [2.45, 2.75) is 6.04 Å². The van der Waals surface area contributed by atoms with Gasteiger partial charge in [-0.1, -0.05) is 35.6 Å². The van der Waals surface area contributed by atoms with Gasteiger partial charge >= 0.3 is 0 Å². The van der Waals surface area contributed by atoms with E-state index in [0.717, 1.165) is 0 Å². The maximum Gasteiger partial charge on any atom is 0.297 e. The Hall–Kier alpha value is -4.04. The molecule has 0 aliphatic carbocycles. The highest BCUT2D eigenvalue weighted by Crippen LogP contribution is 2.43. The molecule has 0 saturated carbocycles. The quantitative estimate of drug-likeness (QED) is 0.367. The molecule has 0 bridgehead atoms. The van der Waals surface area contributed by atoms with Crippen molar-refractivity contribution in [2.24, 2.45) is 0 Å². The number of carbonyl (C=O) groups is 1. The maximum atomic E-state index is 13.8.